The highest BCUT2D eigenvalue weighted by Gasteiger charge is 2.23. The van der Waals surface area contributed by atoms with Gasteiger partial charge in [0.05, 0.1) is 11.0 Å². The summed E-state index contributed by atoms with van der Waals surface area (Å²) in [4.78, 5) is 9.16. The average Bonchev–Trinajstić information content (AvgIpc) is 3.23. The highest BCUT2D eigenvalue weighted by Crippen LogP contribution is 2.40. The first-order chi connectivity index (χ1) is 17.4. The van der Waals surface area contributed by atoms with Gasteiger partial charge in [0.1, 0.15) is 11.3 Å². The Kier molecular flexibility index (Phi) is 5.35. The Morgan fingerprint density at radius 3 is 2.31 bits per heavy atom. The molecule has 0 spiro atoms. The lowest BCUT2D eigenvalue weighted by molar-refractivity contribution is 0.590. The van der Waals surface area contributed by atoms with Gasteiger partial charge in [-0.1, -0.05) is 54.6 Å². The van der Waals surface area contributed by atoms with Crippen LogP contribution in [0.15, 0.2) is 103 Å². The van der Waals surface area contributed by atoms with Gasteiger partial charge in [0.25, 0.3) is 0 Å². The molecule has 1 atom stereocenters. The lowest BCUT2D eigenvalue weighted by Crippen LogP contribution is -2.18. The molecule has 3 aromatic heterocycles. The molecule has 176 valence electrons. The number of fused-ring (bicyclic) bond motifs is 3. The molecule has 0 saturated carbocycles. The number of nitrogens with zero attached hydrogens (tertiary/aromatic N) is 3. The SMILES string of the molecule is Cc1ccc(-n2c3ccccc3c3ccc(-c4cccc(P(C)(=O)c5cc(C)ccn5)c4)cc32)nc1. The molecule has 0 fully saturated rings. The van der Waals surface area contributed by atoms with E-state index in [0.29, 0.717) is 5.44 Å². The Morgan fingerprint density at radius 1 is 0.694 bits per heavy atom. The zero-order valence-corrected chi connectivity index (χ0v) is 21.4. The number of para-hydroxylation sites is 1. The summed E-state index contributed by atoms with van der Waals surface area (Å²) in [5.41, 5.74) is 7.13. The molecule has 6 rings (SSSR count). The van der Waals surface area contributed by atoms with Gasteiger partial charge in [-0.05, 0) is 79.2 Å². The number of aryl methyl sites for hydroxylation is 2. The molecule has 3 aromatic carbocycles. The highest BCUT2D eigenvalue weighted by molar-refractivity contribution is 7.77. The number of rotatable bonds is 4. The van der Waals surface area contributed by atoms with Gasteiger partial charge in [-0.3, -0.25) is 9.55 Å². The van der Waals surface area contributed by atoms with E-state index in [-0.39, 0.29) is 0 Å². The van der Waals surface area contributed by atoms with Gasteiger partial charge in [-0.15, -0.1) is 0 Å². The first-order valence-corrected chi connectivity index (χ1v) is 14.2. The van der Waals surface area contributed by atoms with Gasteiger partial charge in [0, 0.05) is 28.5 Å². The molecule has 1 unspecified atom stereocenters. The minimum Gasteiger partial charge on any atom is -0.312 e. The van der Waals surface area contributed by atoms with Crippen LogP contribution >= 0.6 is 7.14 Å². The van der Waals surface area contributed by atoms with Gasteiger partial charge < -0.3 is 4.57 Å². The Labute approximate surface area is 210 Å². The molecule has 0 aliphatic heterocycles. The zero-order chi connectivity index (χ0) is 24.9. The molecule has 0 bridgehead atoms. The normalized spacial score (nSPS) is 13.2. The summed E-state index contributed by atoms with van der Waals surface area (Å²) in [7, 11) is -2.83. The van der Waals surface area contributed by atoms with Gasteiger partial charge >= 0.3 is 0 Å². The summed E-state index contributed by atoms with van der Waals surface area (Å²) in [5.74, 6) is 0.890. The summed E-state index contributed by atoms with van der Waals surface area (Å²) in [6.07, 6.45) is 3.64. The van der Waals surface area contributed by atoms with Crippen LogP contribution in [-0.2, 0) is 4.57 Å². The second kappa shape index (κ2) is 8.58. The summed E-state index contributed by atoms with van der Waals surface area (Å²) < 4.78 is 16.1. The first kappa shape index (κ1) is 22.5. The van der Waals surface area contributed by atoms with Gasteiger partial charge in [-0.2, -0.15) is 0 Å². The van der Waals surface area contributed by atoms with Crippen molar-refractivity contribution in [2.24, 2.45) is 0 Å². The topological polar surface area (TPSA) is 47.8 Å². The van der Waals surface area contributed by atoms with Crippen molar-refractivity contribution < 1.29 is 4.57 Å². The molecular formula is C31H26N3OP. The second-order valence-electron chi connectivity index (χ2n) is 9.44. The highest BCUT2D eigenvalue weighted by atomic mass is 31.2. The number of aromatic nitrogens is 3. The van der Waals surface area contributed by atoms with E-state index in [2.05, 4.69) is 70.2 Å². The molecule has 6 aromatic rings. The molecule has 0 saturated heterocycles. The largest absolute Gasteiger partial charge is 0.312 e. The van der Waals surface area contributed by atoms with Crippen molar-refractivity contribution in [1.82, 2.24) is 14.5 Å². The summed E-state index contributed by atoms with van der Waals surface area (Å²) in [6.45, 7) is 5.85. The molecular weight excluding hydrogens is 461 g/mol. The minimum atomic E-state index is -2.83. The molecule has 0 amide bonds. The van der Waals surface area contributed by atoms with Crippen LogP contribution in [0.25, 0.3) is 38.8 Å². The maximum Gasteiger partial charge on any atom is 0.157 e. The average molecular weight is 488 g/mol. The number of hydrogen-bond acceptors (Lipinski definition) is 3. The maximum atomic E-state index is 13.9. The summed E-state index contributed by atoms with van der Waals surface area (Å²) in [5, 5.41) is 3.18. The molecule has 5 heteroatoms. The third kappa shape index (κ3) is 3.75. The van der Waals surface area contributed by atoms with Crippen LogP contribution in [0.5, 0.6) is 0 Å². The van der Waals surface area contributed by atoms with Gasteiger partial charge in [0.15, 0.2) is 7.14 Å². The van der Waals surface area contributed by atoms with Crippen LogP contribution in [0.1, 0.15) is 11.1 Å². The molecule has 36 heavy (non-hydrogen) atoms. The fourth-order valence-corrected chi connectivity index (χ4v) is 6.58. The Morgan fingerprint density at radius 2 is 1.50 bits per heavy atom. The quantitative estimate of drug-likeness (QED) is 0.257. The van der Waals surface area contributed by atoms with Gasteiger partial charge in [0.2, 0.25) is 0 Å². The molecule has 0 aliphatic carbocycles. The van der Waals surface area contributed by atoms with E-state index in [0.717, 1.165) is 44.4 Å². The van der Waals surface area contributed by atoms with E-state index < -0.39 is 7.14 Å². The first-order valence-electron chi connectivity index (χ1n) is 12.0. The third-order valence-corrected chi connectivity index (χ3v) is 9.19. The maximum absolute atomic E-state index is 13.9. The molecule has 0 N–H and O–H groups in total. The van der Waals surface area contributed by atoms with Crippen LogP contribution in [0, 0.1) is 13.8 Å². The van der Waals surface area contributed by atoms with Crippen LogP contribution < -0.4 is 10.7 Å². The van der Waals surface area contributed by atoms with E-state index in [1.54, 1.807) is 12.9 Å². The third-order valence-electron chi connectivity index (χ3n) is 6.81. The molecule has 3 heterocycles. The Balaban J connectivity index is 1.53. The van der Waals surface area contributed by atoms with Crippen molar-refractivity contribution in [3.63, 3.8) is 0 Å². The number of pyridine rings is 2. The molecule has 0 aliphatic rings. The lowest BCUT2D eigenvalue weighted by atomic mass is 10.0. The predicted octanol–water partition coefficient (Wildman–Crippen LogP) is 6.80. The fraction of sp³-hybridized carbons (Fsp3) is 0.0968. The monoisotopic (exact) mass is 487 g/mol. The fourth-order valence-electron chi connectivity index (χ4n) is 4.83. The van der Waals surface area contributed by atoms with Crippen molar-refractivity contribution in [1.29, 1.82) is 0 Å². The van der Waals surface area contributed by atoms with Crippen molar-refractivity contribution >= 4 is 39.7 Å². The van der Waals surface area contributed by atoms with E-state index in [1.807, 2.05) is 50.4 Å². The van der Waals surface area contributed by atoms with Crippen LogP contribution in [0.4, 0.5) is 0 Å². The van der Waals surface area contributed by atoms with Crippen LogP contribution in [0.3, 0.4) is 0 Å². The van der Waals surface area contributed by atoms with Crippen molar-refractivity contribution in [3.05, 3.63) is 115 Å². The standard InChI is InChI=1S/C31H26N3OP/c1-21-15-16-32-31(17-21)36(3,35)25-8-6-7-23(18-25)24-12-13-27-26-9-4-5-10-28(26)34(29(27)19-24)30-14-11-22(2)20-33-30/h4-20H,1-3H3. The van der Waals surface area contributed by atoms with Crippen LogP contribution in [0.2, 0.25) is 0 Å². The second-order valence-corrected chi connectivity index (χ2v) is 12.3. The Hall–Kier alpha value is -4.01. The summed E-state index contributed by atoms with van der Waals surface area (Å²) in [6, 6.07) is 31.0. The molecule has 0 radical (unpaired) electrons. The number of benzene rings is 3. The lowest BCUT2D eigenvalue weighted by Gasteiger charge is -2.15. The molecule has 4 nitrogen and oxygen atoms in total. The zero-order valence-electron chi connectivity index (χ0n) is 20.5. The van der Waals surface area contributed by atoms with Gasteiger partial charge in [-0.25, -0.2) is 4.98 Å². The van der Waals surface area contributed by atoms with Crippen molar-refractivity contribution in [2.45, 2.75) is 13.8 Å². The Bertz CT molecular complexity index is 1800. The summed E-state index contributed by atoms with van der Waals surface area (Å²) >= 11 is 0. The van der Waals surface area contributed by atoms with E-state index >= 15 is 0 Å². The van der Waals surface area contributed by atoms with E-state index in [1.165, 1.54) is 10.8 Å². The van der Waals surface area contributed by atoms with E-state index in [4.69, 9.17) is 4.98 Å². The number of hydrogen-bond donors (Lipinski definition) is 0. The van der Waals surface area contributed by atoms with Crippen molar-refractivity contribution in [3.8, 4) is 16.9 Å². The van der Waals surface area contributed by atoms with Crippen molar-refractivity contribution in [2.75, 3.05) is 6.66 Å². The van der Waals surface area contributed by atoms with Crippen LogP contribution in [-0.4, -0.2) is 21.2 Å². The smallest absolute Gasteiger partial charge is 0.157 e. The minimum absolute atomic E-state index is 0.640. The van der Waals surface area contributed by atoms with E-state index in [9.17, 15) is 4.57 Å². The predicted molar refractivity (Wildman–Crippen MR) is 151 cm³/mol.